The van der Waals surface area contributed by atoms with Crippen molar-refractivity contribution < 1.29 is 23.5 Å². The van der Waals surface area contributed by atoms with Crippen molar-refractivity contribution in [2.24, 2.45) is 5.92 Å². The van der Waals surface area contributed by atoms with Crippen LogP contribution in [0, 0.1) is 5.92 Å². The van der Waals surface area contributed by atoms with Crippen LogP contribution in [0.3, 0.4) is 0 Å². The molecule has 29 heavy (non-hydrogen) atoms. The van der Waals surface area contributed by atoms with Gasteiger partial charge in [0, 0.05) is 70.5 Å². The Morgan fingerprint density at radius 1 is 1.10 bits per heavy atom. The molecule has 3 aliphatic heterocycles. The second-order valence-corrected chi connectivity index (χ2v) is 8.58. The Labute approximate surface area is 172 Å². The smallest absolute Gasteiger partial charge is 0.229 e. The van der Waals surface area contributed by atoms with Crippen LogP contribution < -0.4 is 0 Å². The Hall–Kier alpha value is -1.51. The summed E-state index contributed by atoms with van der Waals surface area (Å²) in [6.07, 6.45) is 6.07. The SMILES string of the molecule is COCCC1(c2noc(C3CCOCC3)n2)CCN(C(=O)C2CCOCC2)CC1. The number of rotatable bonds is 6. The van der Waals surface area contributed by atoms with Crippen LogP contribution in [0.1, 0.15) is 62.6 Å². The van der Waals surface area contributed by atoms with Crippen LogP contribution in [0.2, 0.25) is 0 Å². The van der Waals surface area contributed by atoms with E-state index in [-0.39, 0.29) is 17.2 Å². The largest absolute Gasteiger partial charge is 0.385 e. The third kappa shape index (κ3) is 4.64. The monoisotopic (exact) mass is 407 g/mol. The van der Waals surface area contributed by atoms with E-state index in [1.165, 1.54) is 0 Å². The van der Waals surface area contributed by atoms with Crippen LogP contribution in [-0.4, -0.2) is 74.2 Å². The van der Waals surface area contributed by atoms with E-state index in [0.717, 1.165) is 83.0 Å². The molecule has 3 saturated heterocycles. The standard InChI is InChI=1S/C21H33N3O5/c1-26-15-8-21(20-22-18(29-23-20)16-2-11-27-12-3-16)6-9-24(10-7-21)19(25)17-4-13-28-14-5-17/h16-17H,2-15H2,1H3. The number of aromatic nitrogens is 2. The summed E-state index contributed by atoms with van der Waals surface area (Å²) in [7, 11) is 1.72. The summed E-state index contributed by atoms with van der Waals surface area (Å²) in [6.45, 7) is 5.01. The number of carbonyl (C=O) groups excluding carboxylic acids is 1. The zero-order chi connectivity index (χ0) is 20.1. The number of carbonyl (C=O) groups is 1. The van der Waals surface area contributed by atoms with Gasteiger partial charge in [-0.05, 0) is 44.9 Å². The molecule has 0 aromatic carbocycles. The van der Waals surface area contributed by atoms with Crippen molar-refractivity contribution >= 4 is 5.91 Å². The van der Waals surface area contributed by atoms with E-state index in [0.29, 0.717) is 25.7 Å². The highest BCUT2D eigenvalue weighted by Crippen LogP contribution is 2.39. The number of likely N-dealkylation sites (tertiary alicyclic amines) is 1. The van der Waals surface area contributed by atoms with Gasteiger partial charge in [-0.2, -0.15) is 4.98 Å². The van der Waals surface area contributed by atoms with Crippen molar-refractivity contribution in [2.45, 2.75) is 56.3 Å². The van der Waals surface area contributed by atoms with Crippen molar-refractivity contribution in [1.29, 1.82) is 0 Å². The van der Waals surface area contributed by atoms with Crippen molar-refractivity contribution in [3.8, 4) is 0 Å². The third-order valence-corrected chi connectivity index (χ3v) is 6.87. The number of hydrogen-bond donors (Lipinski definition) is 0. The van der Waals surface area contributed by atoms with Gasteiger partial charge >= 0.3 is 0 Å². The summed E-state index contributed by atoms with van der Waals surface area (Å²) >= 11 is 0. The minimum absolute atomic E-state index is 0.112. The first-order valence-corrected chi connectivity index (χ1v) is 11.0. The topological polar surface area (TPSA) is 86.9 Å². The van der Waals surface area contributed by atoms with E-state index >= 15 is 0 Å². The van der Waals surface area contributed by atoms with E-state index in [9.17, 15) is 4.79 Å². The minimum Gasteiger partial charge on any atom is -0.385 e. The molecule has 0 atom stereocenters. The van der Waals surface area contributed by atoms with Crippen LogP contribution in [0.4, 0.5) is 0 Å². The summed E-state index contributed by atoms with van der Waals surface area (Å²) in [5.41, 5.74) is -0.185. The maximum absolute atomic E-state index is 12.9. The first-order chi connectivity index (χ1) is 14.2. The van der Waals surface area contributed by atoms with Gasteiger partial charge < -0.3 is 23.6 Å². The summed E-state index contributed by atoms with van der Waals surface area (Å²) in [5, 5.41) is 4.40. The fraction of sp³-hybridized carbons (Fsp3) is 0.857. The lowest BCUT2D eigenvalue weighted by Crippen LogP contribution is -2.48. The molecule has 3 aliphatic rings. The predicted molar refractivity (Wildman–Crippen MR) is 105 cm³/mol. The Morgan fingerprint density at radius 3 is 2.41 bits per heavy atom. The molecule has 8 heteroatoms. The maximum atomic E-state index is 12.9. The molecule has 0 radical (unpaired) electrons. The van der Waals surface area contributed by atoms with E-state index in [1.54, 1.807) is 7.11 Å². The normalized spacial score (nSPS) is 24.0. The molecule has 162 valence electrons. The van der Waals surface area contributed by atoms with Crippen LogP contribution in [0.15, 0.2) is 4.52 Å². The Balaban J connectivity index is 1.44. The maximum Gasteiger partial charge on any atom is 0.229 e. The van der Waals surface area contributed by atoms with Gasteiger partial charge in [-0.25, -0.2) is 0 Å². The molecule has 0 unspecified atom stereocenters. The lowest BCUT2D eigenvalue weighted by atomic mass is 9.74. The quantitative estimate of drug-likeness (QED) is 0.715. The van der Waals surface area contributed by atoms with Crippen molar-refractivity contribution in [1.82, 2.24) is 15.0 Å². The van der Waals surface area contributed by atoms with Crippen molar-refractivity contribution in [3.63, 3.8) is 0 Å². The molecular formula is C21H33N3O5. The molecule has 0 bridgehead atoms. The van der Waals surface area contributed by atoms with Gasteiger partial charge in [0.25, 0.3) is 0 Å². The number of piperidine rings is 1. The molecule has 8 nitrogen and oxygen atoms in total. The first-order valence-electron chi connectivity index (χ1n) is 11.0. The average Bonchev–Trinajstić information content (AvgIpc) is 3.30. The minimum atomic E-state index is -0.185. The number of hydrogen-bond acceptors (Lipinski definition) is 7. The highest BCUT2D eigenvalue weighted by Gasteiger charge is 2.42. The van der Waals surface area contributed by atoms with E-state index < -0.39 is 0 Å². The van der Waals surface area contributed by atoms with Crippen molar-refractivity contribution in [2.75, 3.05) is 53.2 Å². The summed E-state index contributed by atoms with van der Waals surface area (Å²) in [4.78, 5) is 19.8. The summed E-state index contributed by atoms with van der Waals surface area (Å²) in [5.74, 6) is 2.21. The second kappa shape index (κ2) is 9.53. The van der Waals surface area contributed by atoms with Crippen LogP contribution >= 0.6 is 0 Å². The zero-order valence-corrected chi connectivity index (χ0v) is 17.4. The Morgan fingerprint density at radius 2 is 1.76 bits per heavy atom. The summed E-state index contributed by atoms with van der Waals surface area (Å²) < 4.78 is 21.9. The van der Waals surface area contributed by atoms with E-state index in [2.05, 4.69) is 5.16 Å². The Kier molecular flexibility index (Phi) is 6.82. The highest BCUT2D eigenvalue weighted by atomic mass is 16.5. The number of amides is 1. The lowest BCUT2D eigenvalue weighted by molar-refractivity contribution is -0.140. The van der Waals surface area contributed by atoms with Crippen LogP contribution in [0.25, 0.3) is 0 Å². The number of nitrogens with zero attached hydrogens (tertiary/aromatic N) is 3. The molecule has 0 spiro atoms. The fourth-order valence-electron chi connectivity index (χ4n) is 4.80. The second-order valence-electron chi connectivity index (χ2n) is 8.58. The average molecular weight is 408 g/mol. The van der Waals surface area contributed by atoms with Gasteiger partial charge in [0.1, 0.15) is 0 Å². The van der Waals surface area contributed by atoms with E-state index in [4.69, 9.17) is 23.7 Å². The number of ether oxygens (including phenoxy) is 3. The fourth-order valence-corrected chi connectivity index (χ4v) is 4.80. The molecule has 4 heterocycles. The molecule has 1 aromatic rings. The summed E-state index contributed by atoms with van der Waals surface area (Å²) in [6, 6.07) is 0. The number of methoxy groups -OCH3 is 1. The molecule has 4 rings (SSSR count). The first kappa shape index (κ1) is 20.8. The van der Waals surface area contributed by atoms with Crippen LogP contribution in [0.5, 0.6) is 0 Å². The van der Waals surface area contributed by atoms with Gasteiger partial charge in [-0.1, -0.05) is 5.16 Å². The Bertz CT molecular complexity index is 659. The van der Waals surface area contributed by atoms with Gasteiger partial charge in [-0.15, -0.1) is 0 Å². The van der Waals surface area contributed by atoms with Gasteiger partial charge in [0.15, 0.2) is 5.82 Å². The van der Waals surface area contributed by atoms with E-state index in [1.807, 2.05) is 4.90 Å². The molecule has 0 N–H and O–H groups in total. The third-order valence-electron chi connectivity index (χ3n) is 6.87. The lowest BCUT2D eigenvalue weighted by Gasteiger charge is -2.41. The molecule has 0 saturated carbocycles. The van der Waals surface area contributed by atoms with Crippen molar-refractivity contribution in [3.05, 3.63) is 11.7 Å². The molecule has 1 aromatic heterocycles. The highest BCUT2D eigenvalue weighted by molar-refractivity contribution is 5.79. The molecule has 3 fully saturated rings. The van der Waals surface area contributed by atoms with Gasteiger partial charge in [0.2, 0.25) is 11.8 Å². The van der Waals surface area contributed by atoms with Gasteiger partial charge in [-0.3, -0.25) is 4.79 Å². The molecular weight excluding hydrogens is 374 g/mol. The van der Waals surface area contributed by atoms with Crippen LogP contribution in [-0.2, 0) is 24.4 Å². The molecule has 1 amide bonds. The molecule has 0 aliphatic carbocycles. The van der Waals surface area contributed by atoms with Gasteiger partial charge in [0.05, 0.1) is 0 Å². The predicted octanol–water partition coefficient (Wildman–Crippen LogP) is 2.29. The zero-order valence-electron chi connectivity index (χ0n) is 17.4.